The number of carbonyl (C=O) groups excluding carboxylic acids is 1. The van der Waals surface area contributed by atoms with E-state index in [0.29, 0.717) is 36.8 Å². The summed E-state index contributed by atoms with van der Waals surface area (Å²) in [4.78, 5) is 15.1. The van der Waals surface area contributed by atoms with Gasteiger partial charge in [0.15, 0.2) is 0 Å². The SMILES string of the molecule is COc1cc(OC2CN(C(=O)N(C)CCO)C2)ccc1N. The fourth-order valence-corrected chi connectivity index (χ4v) is 2.11. The molecule has 1 saturated heterocycles. The fraction of sp³-hybridized carbons (Fsp3) is 0.500. The number of likely N-dealkylation sites (N-methyl/N-ethyl adjacent to an activating group) is 1. The number of rotatable bonds is 5. The molecule has 1 aromatic rings. The Morgan fingerprint density at radius 3 is 2.86 bits per heavy atom. The van der Waals surface area contributed by atoms with E-state index in [1.54, 1.807) is 37.3 Å². The number of benzene rings is 1. The molecule has 0 aromatic heterocycles. The van der Waals surface area contributed by atoms with E-state index in [9.17, 15) is 4.79 Å². The molecule has 1 aliphatic rings. The Labute approximate surface area is 123 Å². The number of urea groups is 1. The van der Waals surface area contributed by atoms with E-state index in [2.05, 4.69) is 0 Å². The minimum atomic E-state index is -0.0983. The normalized spacial score (nSPS) is 14.5. The van der Waals surface area contributed by atoms with Crippen LogP contribution in [0.1, 0.15) is 0 Å². The van der Waals surface area contributed by atoms with Gasteiger partial charge in [0.2, 0.25) is 0 Å². The van der Waals surface area contributed by atoms with Gasteiger partial charge in [0, 0.05) is 19.7 Å². The minimum Gasteiger partial charge on any atom is -0.494 e. The van der Waals surface area contributed by atoms with Gasteiger partial charge in [-0.3, -0.25) is 0 Å². The van der Waals surface area contributed by atoms with Gasteiger partial charge in [0.05, 0.1) is 32.5 Å². The van der Waals surface area contributed by atoms with Crippen LogP contribution >= 0.6 is 0 Å². The minimum absolute atomic E-state index is 0.0372. The van der Waals surface area contributed by atoms with Gasteiger partial charge in [-0.05, 0) is 12.1 Å². The Morgan fingerprint density at radius 1 is 1.52 bits per heavy atom. The summed E-state index contributed by atoms with van der Waals surface area (Å²) in [6.45, 7) is 1.35. The maximum absolute atomic E-state index is 11.9. The van der Waals surface area contributed by atoms with Crippen LogP contribution in [0.4, 0.5) is 10.5 Å². The average Bonchev–Trinajstić information content (AvgIpc) is 2.43. The van der Waals surface area contributed by atoms with Crippen LogP contribution in [0.5, 0.6) is 11.5 Å². The highest BCUT2D eigenvalue weighted by Crippen LogP contribution is 2.28. The lowest BCUT2D eigenvalue weighted by Gasteiger charge is -2.40. The third-order valence-corrected chi connectivity index (χ3v) is 3.39. The van der Waals surface area contributed by atoms with Crippen molar-refractivity contribution in [3.8, 4) is 11.5 Å². The third-order valence-electron chi connectivity index (χ3n) is 3.39. The van der Waals surface area contributed by atoms with Crippen LogP contribution < -0.4 is 15.2 Å². The zero-order valence-electron chi connectivity index (χ0n) is 12.3. The van der Waals surface area contributed by atoms with Gasteiger partial charge < -0.3 is 30.1 Å². The van der Waals surface area contributed by atoms with Crippen LogP contribution in [0.15, 0.2) is 18.2 Å². The number of nitrogens with two attached hydrogens (primary N) is 1. The first-order chi connectivity index (χ1) is 10.0. The standard InChI is InChI=1S/C14H21N3O4/c1-16(5-6-18)14(19)17-8-11(9-17)21-10-3-4-12(15)13(7-10)20-2/h3-4,7,11,18H,5-6,8-9,15H2,1-2H3. The number of anilines is 1. The Bertz CT molecular complexity index is 503. The number of hydrogen-bond acceptors (Lipinski definition) is 5. The second-order valence-corrected chi connectivity index (χ2v) is 4.98. The van der Waals surface area contributed by atoms with E-state index < -0.39 is 0 Å². The van der Waals surface area contributed by atoms with Gasteiger partial charge in [-0.2, -0.15) is 0 Å². The van der Waals surface area contributed by atoms with E-state index in [4.69, 9.17) is 20.3 Å². The molecule has 0 aliphatic carbocycles. The van der Waals surface area contributed by atoms with E-state index in [-0.39, 0.29) is 18.7 Å². The van der Waals surface area contributed by atoms with Crippen molar-refractivity contribution in [3.05, 3.63) is 18.2 Å². The van der Waals surface area contributed by atoms with E-state index in [1.165, 1.54) is 4.90 Å². The molecule has 7 heteroatoms. The van der Waals surface area contributed by atoms with Gasteiger partial charge in [-0.15, -0.1) is 0 Å². The van der Waals surface area contributed by atoms with Crippen LogP contribution in [0.25, 0.3) is 0 Å². The number of aliphatic hydroxyl groups excluding tert-OH is 1. The van der Waals surface area contributed by atoms with Gasteiger partial charge in [-0.25, -0.2) is 4.79 Å². The first-order valence-electron chi connectivity index (χ1n) is 6.76. The van der Waals surface area contributed by atoms with Crippen molar-refractivity contribution >= 4 is 11.7 Å². The lowest BCUT2D eigenvalue weighted by molar-refractivity contribution is 0.0319. The maximum atomic E-state index is 11.9. The zero-order valence-corrected chi connectivity index (χ0v) is 12.3. The molecule has 0 atom stereocenters. The van der Waals surface area contributed by atoms with Crippen LogP contribution in [0, 0.1) is 0 Å². The second kappa shape index (κ2) is 6.53. The van der Waals surface area contributed by atoms with Gasteiger partial charge in [0.1, 0.15) is 17.6 Å². The topological polar surface area (TPSA) is 88.3 Å². The molecule has 21 heavy (non-hydrogen) atoms. The quantitative estimate of drug-likeness (QED) is 0.767. The third kappa shape index (κ3) is 3.49. The number of aliphatic hydroxyl groups is 1. The van der Waals surface area contributed by atoms with Crippen molar-refractivity contribution in [1.82, 2.24) is 9.80 Å². The molecule has 0 spiro atoms. The maximum Gasteiger partial charge on any atom is 0.320 e. The number of ether oxygens (including phenoxy) is 2. The van der Waals surface area contributed by atoms with Crippen LogP contribution in [-0.4, -0.2) is 67.4 Å². The molecule has 0 radical (unpaired) electrons. The number of nitrogens with zero attached hydrogens (tertiary/aromatic N) is 2. The monoisotopic (exact) mass is 295 g/mol. The van der Waals surface area contributed by atoms with Crippen LogP contribution in [-0.2, 0) is 0 Å². The van der Waals surface area contributed by atoms with Gasteiger partial charge in [0.25, 0.3) is 0 Å². The summed E-state index contributed by atoms with van der Waals surface area (Å²) < 4.78 is 10.9. The molecule has 2 amide bonds. The summed E-state index contributed by atoms with van der Waals surface area (Å²) in [5, 5.41) is 8.82. The Morgan fingerprint density at radius 2 is 2.24 bits per heavy atom. The summed E-state index contributed by atoms with van der Waals surface area (Å²) >= 11 is 0. The second-order valence-electron chi connectivity index (χ2n) is 4.98. The van der Waals surface area contributed by atoms with Crippen molar-refractivity contribution in [2.75, 3.05) is 46.1 Å². The van der Waals surface area contributed by atoms with E-state index in [1.807, 2.05) is 0 Å². The molecule has 1 fully saturated rings. The number of nitrogen functional groups attached to an aromatic ring is 1. The largest absolute Gasteiger partial charge is 0.494 e. The molecule has 0 unspecified atom stereocenters. The molecule has 3 N–H and O–H groups in total. The van der Waals surface area contributed by atoms with Crippen molar-refractivity contribution in [3.63, 3.8) is 0 Å². The highest BCUT2D eigenvalue weighted by Gasteiger charge is 2.33. The molecule has 0 bridgehead atoms. The first-order valence-corrected chi connectivity index (χ1v) is 6.76. The van der Waals surface area contributed by atoms with Crippen LogP contribution in [0.2, 0.25) is 0 Å². The first kappa shape index (κ1) is 15.2. The summed E-state index contributed by atoms with van der Waals surface area (Å²) in [5.74, 6) is 1.24. The number of amides is 2. The van der Waals surface area contributed by atoms with Gasteiger partial charge in [-0.1, -0.05) is 0 Å². The Hall–Kier alpha value is -2.15. The molecule has 0 saturated carbocycles. The van der Waals surface area contributed by atoms with Crippen molar-refractivity contribution in [1.29, 1.82) is 0 Å². The summed E-state index contributed by atoms with van der Waals surface area (Å²) in [6.07, 6.45) is -0.0372. The molecular formula is C14H21N3O4. The highest BCUT2D eigenvalue weighted by molar-refractivity contribution is 5.75. The predicted molar refractivity (Wildman–Crippen MR) is 78.5 cm³/mol. The lowest BCUT2D eigenvalue weighted by Crippen LogP contribution is -2.59. The summed E-state index contributed by atoms with van der Waals surface area (Å²) in [5.41, 5.74) is 6.30. The van der Waals surface area contributed by atoms with E-state index >= 15 is 0 Å². The van der Waals surface area contributed by atoms with Crippen molar-refractivity contribution in [2.24, 2.45) is 0 Å². The predicted octanol–water partition coefficient (Wildman–Crippen LogP) is 0.384. The molecule has 116 valence electrons. The average molecular weight is 295 g/mol. The molecule has 2 rings (SSSR count). The Kier molecular flexibility index (Phi) is 4.74. The molecule has 1 aliphatic heterocycles. The molecular weight excluding hydrogens is 274 g/mol. The number of methoxy groups -OCH3 is 1. The number of carbonyl (C=O) groups is 1. The number of hydrogen-bond donors (Lipinski definition) is 2. The summed E-state index contributed by atoms with van der Waals surface area (Å²) in [6, 6.07) is 5.14. The zero-order chi connectivity index (χ0) is 15.4. The highest BCUT2D eigenvalue weighted by atomic mass is 16.5. The molecule has 7 nitrogen and oxygen atoms in total. The molecule has 1 heterocycles. The smallest absolute Gasteiger partial charge is 0.320 e. The van der Waals surface area contributed by atoms with Crippen molar-refractivity contribution in [2.45, 2.75) is 6.10 Å². The van der Waals surface area contributed by atoms with Crippen molar-refractivity contribution < 1.29 is 19.4 Å². The van der Waals surface area contributed by atoms with E-state index in [0.717, 1.165) is 0 Å². The number of likely N-dealkylation sites (tertiary alicyclic amines) is 1. The van der Waals surface area contributed by atoms with Gasteiger partial charge >= 0.3 is 6.03 Å². The molecule has 1 aromatic carbocycles. The lowest BCUT2D eigenvalue weighted by atomic mass is 10.2. The summed E-state index contributed by atoms with van der Waals surface area (Å²) in [7, 11) is 3.22. The Balaban J connectivity index is 1.84. The fourth-order valence-electron chi connectivity index (χ4n) is 2.11. The van der Waals surface area contributed by atoms with Crippen LogP contribution in [0.3, 0.4) is 0 Å².